The Morgan fingerprint density at radius 1 is 1.29 bits per heavy atom. The van der Waals surface area contributed by atoms with Crippen LogP contribution in [0.5, 0.6) is 0 Å². The molecule has 1 aromatic heterocycles. The first kappa shape index (κ1) is 15.9. The molecule has 8 heteroatoms. The van der Waals surface area contributed by atoms with Gasteiger partial charge in [-0.2, -0.15) is 0 Å². The van der Waals surface area contributed by atoms with Gasteiger partial charge in [-0.25, -0.2) is 9.78 Å². The van der Waals surface area contributed by atoms with Gasteiger partial charge in [0.25, 0.3) is 0 Å². The van der Waals surface area contributed by atoms with Crippen LogP contribution >= 0.6 is 18.9 Å². The van der Waals surface area contributed by atoms with Crippen molar-refractivity contribution in [2.45, 2.75) is 6.92 Å². The lowest BCUT2D eigenvalue weighted by Gasteiger charge is -2.15. The van der Waals surface area contributed by atoms with E-state index < -0.39 is 13.6 Å². The summed E-state index contributed by atoms with van der Waals surface area (Å²) < 4.78 is 22.3. The minimum absolute atomic E-state index is 0.00433. The van der Waals surface area contributed by atoms with Gasteiger partial charge in [-0.3, -0.25) is 4.57 Å². The summed E-state index contributed by atoms with van der Waals surface area (Å²) in [5.41, 5.74) is 0.571. The maximum absolute atomic E-state index is 12.5. The van der Waals surface area contributed by atoms with E-state index in [4.69, 9.17) is 9.05 Å². The number of aryl methyl sites for hydroxylation is 1. The molecule has 0 aliphatic heterocycles. The number of hydrogen-bond acceptors (Lipinski definition) is 6. The Labute approximate surface area is 125 Å². The van der Waals surface area contributed by atoms with Crippen molar-refractivity contribution in [2.75, 3.05) is 14.2 Å². The molecule has 0 atom stereocenters. The van der Waals surface area contributed by atoms with Crippen LogP contribution in [-0.2, 0) is 13.6 Å². The summed E-state index contributed by atoms with van der Waals surface area (Å²) in [5, 5.41) is 10.0. The zero-order valence-electron chi connectivity index (χ0n) is 11.7. The lowest BCUT2D eigenvalue weighted by atomic mass is 10.1. The molecule has 0 saturated heterocycles. The summed E-state index contributed by atoms with van der Waals surface area (Å²) in [6, 6.07) is 4.36. The minimum atomic E-state index is -3.53. The second-order valence-corrected chi connectivity index (χ2v) is 7.69. The number of rotatable bonds is 5. The Bertz CT molecular complexity index is 719. The van der Waals surface area contributed by atoms with Crippen LogP contribution in [0.4, 0.5) is 0 Å². The van der Waals surface area contributed by atoms with Gasteiger partial charge in [-0.15, -0.1) is 11.3 Å². The third-order valence-electron chi connectivity index (χ3n) is 2.83. The Balaban J connectivity index is 2.65. The summed E-state index contributed by atoms with van der Waals surface area (Å²) in [4.78, 5) is 16.5. The lowest BCUT2D eigenvalue weighted by Crippen LogP contribution is -2.11. The fourth-order valence-electron chi connectivity index (χ4n) is 1.79. The van der Waals surface area contributed by atoms with Crippen LogP contribution in [0.1, 0.15) is 15.2 Å². The van der Waals surface area contributed by atoms with E-state index in [0.29, 0.717) is 10.6 Å². The number of carboxylic acid groups (broad SMARTS) is 1. The average molecular weight is 327 g/mol. The fourth-order valence-corrected chi connectivity index (χ4v) is 3.71. The maximum atomic E-state index is 12.5. The van der Waals surface area contributed by atoms with Gasteiger partial charge in [0.2, 0.25) is 0 Å². The van der Waals surface area contributed by atoms with E-state index in [2.05, 4.69) is 4.98 Å². The molecule has 1 aromatic carbocycles. The van der Waals surface area contributed by atoms with Crippen molar-refractivity contribution >= 4 is 30.2 Å². The lowest BCUT2D eigenvalue weighted by molar-refractivity contribution is 0.0697. The van der Waals surface area contributed by atoms with Crippen LogP contribution in [0.25, 0.3) is 10.6 Å². The SMILES string of the molecule is COP(=O)(OC)c1cc(C(=O)O)cc(-c2ncc(C)s2)c1. The second-order valence-electron chi connectivity index (χ2n) is 4.21. The normalized spacial score (nSPS) is 11.6. The van der Waals surface area contributed by atoms with E-state index in [1.54, 1.807) is 12.3 Å². The van der Waals surface area contributed by atoms with Gasteiger partial charge >= 0.3 is 13.6 Å². The molecule has 0 bridgehead atoms. The Kier molecular flexibility index (Phi) is 4.58. The van der Waals surface area contributed by atoms with E-state index in [9.17, 15) is 14.5 Å². The van der Waals surface area contributed by atoms with E-state index >= 15 is 0 Å². The van der Waals surface area contributed by atoms with Crippen molar-refractivity contribution in [3.8, 4) is 10.6 Å². The van der Waals surface area contributed by atoms with Crippen molar-refractivity contribution in [3.63, 3.8) is 0 Å². The van der Waals surface area contributed by atoms with Crippen molar-refractivity contribution < 1.29 is 23.5 Å². The molecule has 0 amide bonds. The maximum Gasteiger partial charge on any atom is 0.360 e. The van der Waals surface area contributed by atoms with Crippen LogP contribution in [0.15, 0.2) is 24.4 Å². The summed E-state index contributed by atoms with van der Waals surface area (Å²) in [6.07, 6.45) is 1.69. The van der Waals surface area contributed by atoms with Crippen LogP contribution in [0.3, 0.4) is 0 Å². The quantitative estimate of drug-likeness (QED) is 0.850. The molecule has 0 spiro atoms. The van der Waals surface area contributed by atoms with Crippen LogP contribution in [0, 0.1) is 6.92 Å². The van der Waals surface area contributed by atoms with E-state index in [1.807, 2.05) is 6.92 Å². The zero-order valence-corrected chi connectivity index (χ0v) is 13.4. The molecule has 21 heavy (non-hydrogen) atoms. The van der Waals surface area contributed by atoms with E-state index in [1.165, 1.54) is 37.7 Å². The third kappa shape index (κ3) is 3.22. The molecule has 1 heterocycles. The van der Waals surface area contributed by atoms with Crippen LogP contribution < -0.4 is 5.30 Å². The highest BCUT2D eigenvalue weighted by molar-refractivity contribution is 7.62. The smallest absolute Gasteiger partial charge is 0.360 e. The van der Waals surface area contributed by atoms with Crippen molar-refractivity contribution in [2.24, 2.45) is 0 Å². The number of benzene rings is 1. The topological polar surface area (TPSA) is 85.7 Å². The molecule has 0 aliphatic rings. The molecule has 0 unspecified atom stereocenters. The van der Waals surface area contributed by atoms with Crippen LogP contribution in [0.2, 0.25) is 0 Å². The number of aromatic carboxylic acids is 1. The molecular formula is C13H14NO5PS. The van der Waals surface area contributed by atoms with Crippen LogP contribution in [-0.4, -0.2) is 30.3 Å². The monoisotopic (exact) mass is 327 g/mol. The molecule has 0 fully saturated rings. The second kappa shape index (κ2) is 6.07. The minimum Gasteiger partial charge on any atom is -0.478 e. The Morgan fingerprint density at radius 2 is 1.95 bits per heavy atom. The Hall–Kier alpha value is -1.53. The molecule has 2 rings (SSSR count). The highest BCUT2D eigenvalue weighted by Crippen LogP contribution is 2.46. The van der Waals surface area contributed by atoms with Crippen molar-refractivity contribution in [3.05, 3.63) is 34.8 Å². The zero-order chi connectivity index (χ0) is 15.6. The van der Waals surface area contributed by atoms with E-state index in [0.717, 1.165) is 4.88 Å². The van der Waals surface area contributed by atoms with Gasteiger partial charge in [0.05, 0.1) is 10.9 Å². The van der Waals surface area contributed by atoms with Crippen molar-refractivity contribution in [1.82, 2.24) is 4.98 Å². The van der Waals surface area contributed by atoms with Crippen molar-refractivity contribution in [1.29, 1.82) is 0 Å². The predicted octanol–water partition coefficient (Wildman–Crippen LogP) is 2.93. The fraction of sp³-hybridized carbons (Fsp3) is 0.231. The van der Waals surface area contributed by atoms with Gasteiger partial charge in [-0.05, 0) is 25.1 Å². The number of aromatic nitrogens is 1. The first-order valence-corrected chi connectivity index (χ1v) is 8.29. The van der Waals surface area contributed by atoms with Gasteiger partial charge in [0.15, 0.2) is 0 Å². The summed E-state index contributed by atoms with van der Waals surface area (Å²) in [5.74, 6) is -1.12. The predicted molar refractivity (Wildman–Crippen MR) is 80.5 cm³/mol. The number of thiazole rings is 1. The summed E-state index contributed by atoms with van der Waals surface area (Å²) in [6.45, 7) is 1.90. The van der Waals surface area contributed by atoms with Gasteiger partial charge in [0.1, 0.15) is 5.01 Å². The molecule has 0 aliphatic carbocycles. The molecular weight excluding hydrogens is 313 g/mol. The number of carboxylic acids is 1. The number of nitrogens with zero attached hydrogens (tertiary/aromatic N) is 1. The van der Waals surface area contributed by atoms with Gasteiger partial charge < -0.3 is 14.2 Å². The summed E-state index contributed by atoms with van der Waals surface area (Å²) in [7, 11) is -1.02. The highest BCUT2D eigenvalue weighted by Gasteiger charge is 2.27. The summed E-state index contributed by atoms with van der Waals surface area (Å²) >= 11 is 1.42. The number of carbonyl (C=O) groups is 1. The largest absolute Gasteiger partial charge is 0.478 e. The Morgan fingerprint density at radius 3 is 2.43 bits per heavy atom. The number of hydrogen-bond donors (Lipinski definition) is 1. The standard InChI is InChI=1S/C13H14NO5PS/c1-8-7-14-12(21-8)9-4-10(13(15)16)6-11(5-9)20(17,18-2)19-3/h4-7H,1-3H3,(H,15,16). The molecule has 2 aromatic rings. The third-order valence-corrected chi connectivity index (χ3v) is 5.64. The highest BCUT2D eigenvalue weighted by atomic mass is 32.1. The molecule has 1 N–H and O–H groups in total. The first-order valence-electron chi connectivity index (χ1n) is 5.93. The molecule has 0 radical (unpaired) electrons. The first-order chi connectivity index (χ1) is 9.89. The molecule has 112 valence electrons. The van der Waals surface area contributed by atoms with E-state index in [-0.39, 0.29) is 10.9 Å². The molecule has 6 nitrogen and oxygen atoms in total. The van der Waals surface area contributed by atoms with Gasteiger partial charge in [-0.1, -0.05) is 0 Å². The average Bonchev–Trinajstić information content (AvgIpc) is 2.92. The van der Waals surface area contributed by atoms with Gasteiger partial charge in [0, 0.05) is 30.9 Å². The molecule has 0 saturated carbocycles.